The molecule has 0 amide bonds. The fourth-order valence-electron chi connectivity index (χ4n) is 2.07. The first-order valence-electron chi connectivity index (χ1n) is 5.50. The lowest BCUT2D eigenvalue weighted by molar-refractivity contribution is 0.803. The molecular weight excluding hydrogens is 202 g/mol. The summed E-state index contributed by atoms with van der Waals surface area (Å²) in [7, 11) is 0. The Morgan fingerprint density at radius 2 is 2.00 bits per heavy atom. The fraction of sp³-hybridized carbons (Fsp3) is 0.385. The topological polar surface area (TPSA) is 15.8 Å². The number of unbranched alkanes of at least 4 members (excludes halogenated alkanes) is 1. The summed E-state index contributed by atoms with van der Waals surface area (Å²) in [6, 6.07) is 8.53. The zero-order valence-electron chi connectivity index (χ0n) is 9.09. The predicted octanol–water partition coefficient (Wildman–Crippen LogP) is 3.73. The van der Waals surface area contributed by atoms with Crippen LogP contribution < -0.4 is 0 Å². The highest BCUT2D eigenvalue weighted by Gasteiger charge is 2.06. The average Bonchev–Trinajstić information content (AvgIpc) is 2.56. The van der Waals surface area contributed by atoms with Crippen molar-refractivity contribution in [2.24, 2.45) is 0 Å². The monoisotopic (exact) mass is 219 g/mol. The molecule has 0 fully saturated rings. The first kappa shape index (κ1) is 10.6. The van der Waals surface area contributed by atoms with Crippen LogP contribution in [0.1, 0.15) is 24.1 Å². The predicted molar refractivity (Wildman–Crippen MR) is 69.8 cm³/mol. The smallest absolute Gasteiger partial charge is 0.0458 e. The van der Waals surface area contributed by atoms with Gasteiger partial charge >= 0.3 is 0 Å². The number of H-pyrrole nitrogens is 1. The maximum absolute atomic E-state index is 4.24. The molecular formula is C13H17NS. The van der Waals surface area contributed by atoms with Gasteiger partial charge in [0.05, 0.1) is 0 Å². The van der Waals surface area contributed by atoms with E-state index in [4.69, 9.17) is 0 Å². The van der Waals surface area contributed by atoms with Crippen LogP contribution >= 0.6 is 12.6 Å². The standard InChI is InChI=1S/C13H17NS/c1-10-11(6-4-5-9-15)12-7-2-3-8-13(12)14-10/h2-3,7-8,14-15H,4-6,9H2,1H3. The van der Waals surface area contributed by atoms with E-state index in [-0.39, 0.29) is 0 Å². The third-order valence-electron chi connectivity index (χ3n) is 2.86. The van der Waals surface area contributed by atoms with E-state index in [9.17, 15) is 0 Å². The lowest BCUT2D eigenvalue weighted by Crippen LogP contribution is -1.87. The van der Waals surface area contributed by atoms with Gasteiger partial charge in [-0.2, -0.15) is 12.6 Å². The summed E-state index contributed by atoms with van der Waals surface area (Å²) >= 11 is 4.24. The molecule has 80 valence electrons. The number of hydrogen-bond acceptors (Lipinski definition) is 1. The normalized spacial score (nSPS) is 11.1. The van der Waals surface area contributed by atoms with E-state index in [2.05, 4.69) is 48.8 Å². The molecule has 0 saturated carbocycles. The highest BCUT2D eigenvalue weighted by atomic mass is 32.1. The van der Waals surface area contributed by atoms with E-state index in [1.807, 2.05) is 0 Å². The van der Waals surface area contributed by atoms with Gasteiger partial charge in [0, 0.05) is 16.6 Å². The van der Waals surface area contributed by atoms with Gasteiger partial charge in [-0.3, -0.25) is 0 Å². The van der Waals surface area contributed by atoms with E-state index in [1.54, 1.807) is 0 Å². The Hall–Kier alpha value is -0.890. The maximum atomic E-state index is 4.24. The molecule has 0 bridgehead atoms. The number of rotatable bonds is 4. The molecule has 0 aliphatic heterocycles. The van der Waals surface area contributed by atoms with Crippen LogP contribution in [0.4, 0.5) is 0 Å². The molecule has 1 nitrogen and oxygen atoms in total. The van der Waals surface area contributed by atoms with Crippen molar-refractivity contribution >= 4 is 23.5 Å². The summed E-state index contributed by atoms with van der Waals surface area (Å²) in [5.74, 6) is 0.988. The zero-order chi connectivity index (χ0) is 10.7. The van der Waals surface area contributed by atoms with E-state index < -0.39 is 0 Å². The summed E-state index contributed by atoms with van der Waals surface area (Å²) in [6.07, 6.45) is 3.59. The molecule has 2 aromatic rings. The number of para-hydroxylation sites is 1. The van der Waals surface area contributed by atoms with Gasteiger partial charge in [0.2, 0.25) is 0 Å². The van der Waals surface area contributed by atoms with Crippen molar-refractivity contribution in [3.8, 4) is 0 Å². The van der Waals surface area contributed by atoms with Crippen LogP contribution in [0.3, 0.4) is 0 Å². The number of hydrogen-bond donors (Lipinski definition) is 2. The molecule has 0 aliphatic rings. The summed E-state index contributed by atoms with van der Waals surface area (Å²) < 4.78 is 0. The van der Waals surface area contributed by atoms with Crippen LogP contribution in [0.2, 0.25) is 0 Å². The number of aromatic nitrogens is 1. The minimum Gasteiger partial charge on any atom is -0.358 e. The number of aromatic amines is 1. The van der Waals surface area contributed by atoms with Crippen molar-refractivity contribution in [1.29, 1.82) is 0 Å². The molecule has 1 heterocycles. The lowest BCUT2D eigenvalue weighted by atomic mass is 10.1. The third-order valence-corrected chi connectivity index (χ3v) is 3.18. The largest absolute Gasteiger partial charge is 0.358 e. The highest BCUT2D eigenvalue weighted by molar-refractivity contribution is 7.80. The van der Waals surface area contributed by atoms with Crippen molar-refractivity contribution in [3.63, 3.8) is 0 Å². The molecule has 0 radical (unpaired) electrons. The van der Waals surface area contributed by atoms with Crippen molar-refractivity contribution in [3.05, 3.63) is 35.5 Å². The number of fused-ring (bicyclic) bond motifs is 1. The van der Waals surface area contributed by atoms with Crippen LogP contribution in [0.25, 0.3) is 10.9 Å². The highest BCUT2D eigenvalue weighted by Crippen LogP contribution is 2.23. The number of thiol groups is 1. The summed E-state index contributed by atoms with van der Waals surface area (Å²) in [6.45, 7) is 2.16. The second kappa shape index (κ2) is 4.75. The molecule has 1 aromatic carbocycles. The van der Waals surface area contributed by atoms with Crippen LogP contribution in [-0.2, 0) is 6.42 Å². The fourth-order valence-corrected chi connectivity index (χ4v) is 2.29. The summed E-state index contributed by atoms with van der Waals surface area (Å²) in [5.41, 5.74) is 4.05. The lowest BCUT2D eigenvalue weighted by Gasteiger charge is -2.00. The summed E-state index contributed by atoms with van der Waals surface area (Å²) in [4.78, 5) is 3.43. The first-order valence-corrected chi connectivity index (χ1v) is 6.13. The Bertz CT molecular complexity index is 445. The van der Waals surface area contributed by atoms with Gasteiger partial charge in [-0.05, 0) is 43.6 Å². The number of aryl methyl sites for hydroxylation is 2. The van der Waals surface area contributed by atoms with Crippen LogP contribution in [0, 0.1) is 6.92 Å². The Balaban J connectivity index is 2.28. The van der Waals surface area contributed by atoms with Crippen LogP contribution in [-0.4, -0.2) is 10.7 Å². The van der Waals surface area contributed by atoms with E-state index in [1.165, 1.54) is 35.0 Å². The van der Waals surface area contributed by atoms with Crippen molar-refractivity contribution in [1.82, 2.24) is 4.98 Å². The van der Waals surface area contributed by atoms with Gasteiger partial charge in [-0.1, -0.05) is 18.2 Å². The van der Waals surface area contributed by atoms with E-state index in [0.717, 1.165) is 12.2 Å². The molecule has 0 saturated heterocycles. The molecule has 0 aliphatic carbocycles. The number of benzene rings is 1. The molecule has 2 rings (SSSR count). The van der Waals surface area contributed by atoms with Crippen molar-refractivity contribution in [2.75, 3.05) is 5.75 Å². The zero-order valence-corrected chi connectivity index (χ0v) is 9.98. The Morgan fingerprint density at radius 1 is 1.20 bits per heavy atom. The number of nitrogens with one attached hydrogen (secondary N) is 1. The Kier molecular flexibility index (Phi) is 3.37. The van der Waals surface area contributed by atoms with Crippen LogP contribution in [0.5, 0.6) is 0 Å². The Morgan fingerprint density at radius 3 is 2.80 bits per heavy atom. The van der Waals surface area contributed by atoms with Crippen molar-refractivity contribution in [2.45, 2.75) is 26.2 Å². The third kappa shape index (κ3) is 2.20. The maximum Gasteiger partial charge on any atom is 0.0458 e. The molecule has 15 heavy (non-hydrogen) atoms. The van der Waals surface area contributed by atoms with Gasteiger partial charge in [-0.25, -0.2) is 0 Å². The van der Waals surface area contributed by atoms with Gasteiger partial charge in [0.15, 0.2) is 0 Å². The average molecular weight is 219 g/mol. The Labute approximate surface area is 96.3 Å². The molecule has 0 atom stereocenters. The van der Waals surface area contributed by atoms with Gasteiger partial charge < -0.3 is 4.98 Å². The van der Waals surface area contributed by atoms with Gasteiger partial charge in [0.1, 0.15) is 0 Å². The van der Waals surface area contributed by atoms with Gasteiger partial charge in [-0.15, -0.1) is 0 Å². The molecule has 2 heteroatoms. The molecule has 0 unspecified atom stereocenters. The minimum atomic E-state index is 0.988. The SMILES string of the molecule is Cc1[nH]c2ccccc2c1CCCCS. The quantitative estimate of drug-likeness (QED) is 0.576. The first-order chi connectivity index (χ1) is 7.33. The minimum absolute atomic E-state index is 0.988. The van der Waals surface area contributed by atoms with Gasteiger partial charge in [0.25, 0.3) is 0 Å². The second-order valence-corrected chi connectivity index (χ2v) is 4.40. The second-order valence-electron chi connectivity index (χ2n) is 3.95. The van der Waals surface area contributed by atoms with Crippen LogP contribution in [0.15, 0.2) is 24.3 Å². The van der Waals surface area contributed by atoms with E-state index in [0.29, 0.717) is 0 Å². The summed E-state index contributed by atoms with van der Waals surface area (Å²) in [5, 5.41) is 1.38. The van der Waals surface area contributed by atoms with E-state index >= 15 is 0 Å². The molecule has 1 aromatic heterocycles. The molecule has 0 spiro atoms. The van der Waals surface area contributed by atoms with Crippen molar-refractivity contribution < 1.29 is 0 Å². The molecule has 1 N–H and O–H groups in total.